The Morgan fingerprint density at radius 1 is 1.02 bits per heavy atom. The lowest BCUT2D eigenvalue weighted by Gasteiger charge is -2.33. The first-order chi connectivity index (χ1) is 20.1. The molecular formula is C32H38FN3O5S. The molecule has 1 aliphatic carbocycles. The average Bonchev–Trinajstić information content (AvgIpc) is 3.49. The van der Waals surface area contributed by atoms with Gasteiger partial charge in [0.25, 0.3) is 10.0 Å². The summed E-state index contributed by atoms with van der Waals surface area (Å²) in [5.74, 6) is -0.771. The van der Waals surface area contributed by atoms with Gasteiger partial charge in [-0.3, -0.25) is 13.9 Å². The molecular weight excluding hydrogens is 557 g/mol. The van der Waals surface area contributed by atoms with Crippen molar-refractivity contribution in [2.75, 3.05) is 18.0 Å². The van der Waals surface area contributed by atoms with Crippen molar-refractivity contribution in [2.24, 2.45) is 0 Å². The number of carbonyl (C=O) groups excluding carboxylic acids is 2. The molecule has 0 bridgehead atoms. The van der Waals surface area contributed by atoms with Crippen molar-refractivity contribution in [3.63, 3.8) is 0 Å². The Labute approximate surface area is 247 Å². The number of halogens is 1. The second-order valence-corrected chi connectivity index (χ2v) is 12.5. The zero-order chi connectivity index (χ0) is 30.3. The maximum Gasteiger partial charge on any atom is 0.264 e. The number of hydrogen-bond acceptors (Lipinski definition) is 5. The summed E-state index contributed by atoms with van der Waals surface area (Å²) in [5, 5.41) is 3.10. The lowest BCUT2D eigenvalue weighted by atomic mass is 10.1. The van der Waals surface area contributed by atoms with Gasteiger partial charge in [0, 0.05) is 12.6 Å². The maximum absolute atomic E-state index is 14.2. The Morgan fingerprint density at radius 2 is 1.69 bits per heavy atom. The molecule has 0 heterocycles. The van der Waals surface area contributed by atoms with Gasteiger partial charge in [0.15, 0.2) is 0 Å². The molecule has 224 valence electrons. The number of benzene rings is 3. The van der Waals surface area contributed by atoms with Crippen LogP contribution in [0.25, 0.3) is 0 Å². The number of aryl methyl sites for hydroxylation is 1. The van der Waals surface area contributed by atoms with Crippen molar-refractivity contribution >= 4 is 27.5 Å². The van der Waals surface area contributed by atoms with E-state index in [1.165, 1.54) is 29.2 Å². The molecule has 0 saturated heterocycles. The topological polar surface area (TPSA) is 96.0 Å². The number of amides is 2. The second-order valence-electron chi connectivity index (χ2n) is 10.6. The van der Waals surface area contributed by atoms with E-state index in [4.69, 9.17) is 4.74 Å². The number of hydrogen-bond donors (Lipinski definition) is 1. The molecule has 3 aromatic rings. The zero-order valence-electron chi connectivity index (χ0n) is 24.3. The molecule has 8 nitrogen and oxygen atoms in total. The van der Waals surface area contributed by atoms with Crippen LogP contribution in [0.1, 0.15) is 50.2 Å². The molecule has 0 radical (unpaired) electrons. The number of rotatable bonds is 12. The number of sulfonamides is 1. The summed E-state index contributed by atoms with van der Waals surface area (Å²) in [6.45, 7) is 3.15. The summed E-state index contributed by atoms with van der Waals surface area (Å²) in [4.78, 5) is 29.1. The van der Waals surface area contributed by atoms with Crippen LogP contribution in [0.4, 0.5) is 10.1 Å². The minimum absolute atomic E-state index is 0.00408. The molecule has 1 aliphatic rings. The van der Waals surface area contributed by atoms with Crippen LogP contribution in [-0.4, -0.2) is 50.9 Å². The fraction of sp³-hybridized carbons (Fsp3) is 0.375. The van der Waals surface area contributed by atoms with E-state index in [1.807, 2.05) is 19.9 Å². The molecule has 3 aromatic carbocycles. The van der Waals surface area contributed by atoms with Crippen molar-refractivity contribution in [3.8, 4) is 5.75 Å². The molecule has 1 atom stereocenters. The summed E-state index contributed by atoms with van der Waals surface area (Å²) < 4.78 is 47.9. The second kappa shape index (κ2) is 13.8. The highest BCUT2D eigenvalue weighted by molar-refractivity contribution is 7.92. The fourth-order valence-corrected chi connectivity index (χ4v) is 6.64. The highest BCUT2D eigenvalue weighted by Crippen LogP contribution is 2.26. The summed E-state index contributed by atoms with van der Waals surface area (Å²) in [7, 11) is -2.68. The quantitative estimate of drug-likeness (QED) is 0.310. The zero-order valence-corrected chi connectivity index (χ0v) is 25.1. The SMILES string of the molecule is CC[C@H](C(=O)NC1CCCC1)N(Cc1cccc(OC)c1)C(=O)CN(c1ccc(F)cc1)S(=O)(=O)c1ccc(C)cc1. The predicted octanol–water partition coefficient (Wildman–Crippen LogP) is 5.20. The van der Waals surface area contributed by atoms with Crippen LogP contribution in [0.15, 0.2) is 77.7 Å². The third-order valence-corrected chi connectivity index (χ3v) is 9.37. The Bertz CT molecular complexity index is 1470. The summed E-state index contributed by atoms with van der Waals surface area (Å²) in [5.41, 5.74) is 1.74. The summed E-state index contributed by atoms with van der Waals surface area (Å²) in [6.07, 6.45) is 4.18. The van der Waals surface area contributed by atoms with Crippen molar-refractivity contribution in [1.29, 1.82) is 0 Å². The van der Waals surface area contributed by atoms with Crippen molar-refractivity contribution in [1.82, 2.24) is 10.2 Å². The maximum atomic E-state index is 14.2. The molecule has 0 spiro atoms. The highest BCUT2D eigenvalue weighted by Gasteiger charge is 2.34. The fourth-order valence-electron chi connectivity index (χ4n) is 5.23. The molecule has 1 saturated carbocycles. The van der Waals surface area contributed by atoms with E-state index >= 15 is 0 Å². The van der Waals surface area contributed by atoms with Gasteiger partial charge >= 0.3 is 0 Å². The normalized spacial score (nSPS) is 14.3. The average molecular weight is 596 g/mol. The first kappa shape index (κ1) is 31.0. The van der Waals surface area contributed by atoms with Crippen LogP contribution in [0.5, 0.6) is 5.75 Å². The minimum Gasteiger partial charge on any atom is -0.497 e. The van der Waals surface area contributed by atoms with E-state index < -0.39 is 34.3 Å². The summed E-state index contributed by atoms with van der Waals surface area (Å²) >= 11 is 0. The van der Waals surface area contributed by atoms with E-state index in [0.717, 1.165) is 53.2 Å². The van der Waals surface area contributed by atoms with Gasteiger partial charge in [-0.05, 0) is 80.3 Å². The van der Waals surface area contributed by atoms with Gasteiger partial charge < -0.3 is 15.0 Å². The van der Waals surface area contributed by atoms with Crippen LogP contribution in [0.2, 0.25) is 0 Å². The standard InChI is InChI=1S/C32H38FN3O5S/c1-4-30(32(38)34-26-9-5-6-10-26)35(21-24-8-7-11-28(20-24)41-3)31(37)22-36(27-16-14-25(33)15-17-27)42(39,40)29-18-12-23(2)13-19-29/h7-8,11-20,26,30H,4-6,9-10,21-22H2,1-3H3,(H,34,38)/t30-/m1/s1. The molecule has 42 heavy (non-hydrogen) atoms. The van der Waals surface area contributed by atoms with Crippen molar-refractivity contribution in [3.05, 3.63) is 89.7 Å². The van der Waals surface area contributed by atoms with Crippen LogP contribution in [0.3, 0.4) is 0 Å². The predicted molar refractivity (Wildman–Crippen MR) is 160 cm³/mol. The molecule has 1 N–H and O–H groups in total. The van der Waals surface area contributed by atoms with Crippen molar-refractivity contribution in [2.45, 2.75) is 69.5 Å². The molecule has 0 aromatic heterocycles. The summed E-state index contributed by atoms with van der Waals surface area (Å²) in [6, 6.07) is 17.6. The van der Waals surface area contributed by atoms with E-state index in [1.54, 1.807) is 37.4 Å². The van der Waals surface area contributed by atoms with E-state index in [9.17, 15) is 22.4 Å². The van der Waals surface area contributed by atoms with Gasteiger partial charge in [-0.2, -0.15) is 0 Å². The van der Waals surface area contributed by atoms with E-state index in [-0.39, 0.29) is 29.1 Å². The van der Waals surface area contributed by atoms with Gasteiger partial charge in [0.1, 0.15) is 24.2 Å². The third-order valence-electron chi connectivity index (χ3n) is 7.58. The van der Waals surface area contributed by atoms with Crippen LogP contribution in [-0.2, 0) is 26.2 Å². The first-order valence-electron chi connectivity index (χ1n) is 14.2. The molecule has 10 heteroatoms. The largest absolute Gasteiger partial charge is 0.497 e. The van der Waals surface area contributed by atoms with Gasteiger partial charge in [-0.1, -0.05) is 49.6 Å². The Hall–Kier alpha value is -3.92. The number of nitrogens with one attached hydrogen (secondary N) is 1. The van der Waals surface area contributed by atoms with Gasteiger partial charge in [-0.15, -0.1) is 0 Å². The number of anilines is 1. The van der Waals surface area contributed by atoms with Crippen LogP contribution < -0.4 is 14.4 Å². The minimum atomic E-state index is -4.22. The molecule has 0 unspecified atom stereocenters. The van der Waals surface area contributed by atoms with Gasteiger partial charge in [0.05, 0.1) is 17.7 Å². The molecule has 2 amide bonds. The monoisotopic (exact) mass is 595 g/mol. The smallest absolute Gasteiger partial charge is 0.264 e. The number of methoxy groups -OCH3 is 1. The van der Waals surface area contributed by atoms with E-state index in [0.29, 0.717) is 12.2 Å². The Morgan fingerprint density at radius 3 is 2.31 bits per heavy atom. The molecule has 4 rings (SSSR count). The number of nitrogens with zero attached hydrogens (tertiary/aromatic N) is 2. The highest BCUT2D eigenvalue weighted by atomic mass is 32.2. The molecule has 0 aliphatic heterocycles. The Balaban J connectivity index is 1.71. The Kier molecular flexibility index (Phi) is 10.2. The number of ether oxygens (including phenoxy) is 1. The lowest BCUT2D eigenvalue weighted by Crippen LogP contribution is -2.53. The van der Waals surface area contributed by atoms with Gasteiger partial charge in [-0.25, -0.2) is 12.8 Å². The van der Waals surface area contributed by atoms with Gasteiger partial charge in [0.2, 0.25) is 11.8 Å². The third kappa shape index (κ3) is 7.47. The van der Waals surface area contributed by atoms with Crippen LogP contribution in [0, 0.1) is 12.7 Å². The molecule has 1 fully saturated rings. The lowest BCUT2D eigenvalue weighted by molar-refractivity contribution is -0.140. The van der Waals surface area contributed by atoms with E-state index in [2.05, 4.69) is 5.32 Å². The number of carbonyl (C=O) groups is 2. The van der Waals surface area contributed by atoms with Crippen LogP contribution >= 0.6 is 0 Å². The van der Waals surface area contributed by atoms with Crippen molar-refractivity contribution < 1.29 is 27.1 Å². The first-order valence-corrected chi connectivity index (χ1v) is 15.6.